The highest BCUT2D eigenvalue weighted by Gasteiger charge is 2.38. The van der Waals surface area contributed by atoms with Gasteiger partial charge >= 0.3 is 5.97 Å². The number of hydrogen-bond donors (Lipinski definition) is 1. The van der Waals surface area contributed by atoms with Crippen LogP contribution in [0.2, 0.25) is 5.02 Å². The summed E-state index contributed by atoms with van der Waals surface area (Å²) in [7, 11) is 0. The molecule has 1 aliphatic heterocycles. The summed E-state index contributed by atoms with van der Waals surface area (Å²) in [6.45, 7) is 2.66. The van der Waals surface area contributed by atoms with Crippen molar-refractivity contribution < 1.29 is 24.2 Å². The van der Waals surface area contributed by atoms with E-state index in [0.717, 1.165) is 43.2 Å². The van der Waals surface area contributed by atoms with Gasteiger partial charge in [0, 0.05) is 16.6 Å². The third-order valence-electron chi connectivity index (χ3n) is 7.00. The molecule has 2 aliphatic rings. The summed E-state index contributed by atoms with van der Waals surface area (Å²) in [6, 6.07) is 19.7. The molecule has 0 bridgehead atoms. The summed E-state index contributed by atoms with van der Waals surface area (Å²) in [4.78, 5) is 32.3. The molecule has 1 N–H and O–H groups in total. The number of thioether (sulfide) groups is 1. The minimum Gasteiger partial charge on any atom is -0.490 e. The molecule has 0 spiro atoms. The van der Waals surface area contributed by atoms with E-state index >= 15 is 0 Å². The highest BCUT2D eigenvalue weighted by atomic mass is 35.5. The fourth-order valence-corrected chi connectivity index (χ4v) is 6.22. The highest BCUT2D eigenvalue weighted by Crippen LogP contribution is 2.39. The van der Waals surface area contributed by atoms with Gasteiger partial charge in [0.1, 0.15) is 6.61 Å². The smallest absolute Gasteiger partial charge is 0.335 e. The summed E-state index contributed by atoms with van der Waals surface area (Å²) in [5.74, 6) is 0.0555. The van der Waals surface area contributed by atoms with Gasteiger partial charge in [-0.2, -0.15) is 0 Å². The maximum absolute atomic E-state index is 13.7. The molecule has 0 atom stereocenters. The van der Waals surface area contributed by atoms with Gasteiger partial charge in [-0.05, 0) is 79.6 Å². The third kappa shape index (κ3) is 6.94. The Balaban J connectivity index is 1.43. The quantitative estimate of drug-likeness (QED) is 0.254. The van der Waals surface area contributed by atoms with E-state index in [-0.39, 0.29) is 17.5 Å². The van der Waals surface area contributed by atoms with Gasteiger partial charge in [0.2, 0.25) is 0 Å². The molecule has 212 valence electrons. The van der Waals surface area contributed by atoms with Gasteiger partial charge in [0.25, 0.3) is 5.91 Å². The molecular weight excluding hydrogens is 560 g/mol. The summed E-state index contributed by atoms with van der Waals surface area (Å²) in [5, 5.41) is 10.6. The Hall–Kier alpha value is -3.75. The number of benzene rings is 3. The minimum atomic E-state index is -1.02. The largest absolute Gasteiger partial charge is 0.490 e. The van der Waals surface area contributed by atoms with Crippen LogP contribution < -0.4 is 9.47 Å². The van der Waals surface area contributed by atoms with Crippen molar-refractivity contribution in [2.45, 2.75) is 51.7 Å². The predicted octanol–water partition coefficient (Wildman–Crippen LogP) is 7.95. The first-order valence-electron chi connectivity index (χ1n) is 13.7. The maximum atomic E-state index is 13.7. The molecule has 41 heavy (non-hydrogen) atoms. The molecule has 1 heterocycles. The number of aliphatic imine (C=N–C) groups is 1. The molecule has 0 radical (unpaired) electrons. The molecule has 0 aromatic heterocycles. The van der Waals surface area contributed by atoms with Crippen molar-refractivity contribution in [3.8, 4) is 11.5 Å². The monoisotopic (exact) mass is 590 g/mol. The van der Waals surface area contributed by atoms with Crippen LogP contribution in [0, 0.1) is 0 Å². The van der Waals surface area contributed by atoms with Gasteiger partial charge in [-0.1, -0.05) is 61.2 Å². The lowest BCUT2D eigenvalue weighted by Crippen LogP contribution is -2.40. The van der Waals surface area contributed by atoms with Crippen molar-refractivity contribution in [3.63, 3.8) is 0 Å². The molecule has 9 heteroatoms. The Kier molecular flexibility index (Phi) is 9.31. The van der Waals surface area contributed by atoms with Gasteiger partial charge in [-0.3, -0.25) is 9.69 Å². The number of ether oxygens (including phenoxy) is 2. The van der Waals surface area contributed by atoms with E-state index in [2.05, 4.69) is 0 Å². The average Bonchev–Trinajstić information content (AvgIpc) is 3.27. The standard InChI is InChI=1S/C32H31ClN2O5S/c1-2-39-28-17-21(15-16-27(28)40-20-23-9-6-7-14-26(23)33)18-29-30(36)35(25-12-4-3-5-13-25)32(41-29)34-24-11-8-10-22(19-24)31(37)38/h6-11,14-19,25H,2-5,12-13,20H2,1H3,(H,37,38)/b29-18-,34-32?. The molecule has 1 saturated heterocycles. The lowest BCUT2D eigenvalue weighted by atomic mass is 9.94. The van der Waals surface area contributed by atoms with E-state index in [1.165, 1.54) is 23.9 Å². The van der Waals surface area contributed by atoms with Crippen LogP contribution in [0.15, 0.2) is 76.6 Å². The Morgan fingerprint density at radius 2 is 1.85 bits per heavy atom. The molecule has 1 aliphatic carbocycles. The van der Waals surface area contributed by atoms with E-state index in [4.69, 9.17) is 26.1 Å². The van der Waals surface area contributed by atoms with Gasteiger partial charge < -0.3 is 14.6 Å². The number of carboxylic acids is 1. The van der Waals surface area contributed by atoms with Crippen LogP contribution in [0.25, 0.3) is 6.08 Å². The Bertz CT molecular complexity index is 1500. The van der Waals surface area contributed by atoms with Gasteiger partial charge in [0.05, 0.1) is 22.8 Å². The molecule has 1 amide bonds. The SMILES string of the molecule is CCOc1cc(/C=C2\SC(=Nc3cccc(C(=O)O)c3)N(C3CCCCC3)C2=O)ccc1OCc1ccccc1Cl. The number of nitrogens with zero attached hydrogens (tertiary/aromatic N) is 2. The lowest BCUT2D eigenvalue weighted by molar-refractivity contribution is -0.124. The zero-order chi connectivity index (χ0) is 28.8. The summed E-state index contributed by atoms with van der Waals surface area (Å²) < 4.78 is 11.9. The molecular formula is C32H31ClN2O5S. The van der Waals surface area contributed by atoms with Gasteiger partial charge in [-0.25, -0.2) is 9.79 Å². The topological polar surface area (TPSA) is 88.4 Å². The first kappa shape index (κ1) is 28.8. The van der Waals surface area contributed by atoms with Crippen molar-refractivity contribution in [1.29, 1.82) is 0 Å². The van der Waals surface area contributed by atoms with Crippen molar-refractivity contribution in [3.05, 3.63) is 93.3 Å². The van der Waals surface area contributed by atoms with Crippen LogP contribution in [-0.2, 0) is 11.4 Å². The Morgan fingerprint density at radius 1 is 1.05 bits per heavy atom. The maximum Gasteiger partial charge on any atom is 0.335 e. The van der Waals surface area contributed by atoms with Gasteiger partial charge in [-0.15, -0.1) is 0 Å². The second kappa shape index (κ2) is 13.3. The van der Waals surface area contributed by atoms with Crippen molar-refractivity contribution >= 4 is 52.2 Å². The van der Waals surface area contributed by atoms with Crippen molar-refractivity contribution in [2.24, 2.45) is 4.99 Å². The van der Waals surface area contributed by atoms with Crippen LogP contribution in [0.3, 0.4) is 0 Å². The first-order valence-corrected chi connectivity index (χ1v) is 14.9. The second-order valence-electron chi connectivity index (χ2n) is 9.85. The lowest BCUT2D eigenvalue weighted by Gasteiger charge is -2.30. The van der Waals surface area contributed by atoms with Gasteiger partial charge in [0.15, 0.2) is 16.7 Å². The molecule has 0 unspecified atom stereocenters. The van der Waals surface area contributed by atoms with E-state index in [0.29, 0.717) is 45.5 Å². The average molecular weight is 591 g/mol. The van der Waals surface area contributed by atoms with E-state index in [1.54, 1.807) is 17.0 Å². The van der Waals surface area contributed by atoms with E-state index in [9.17, 15) is 14.7 Å². The zero-order valence-electron chi connectivity index (χ0n) is 22.7. The number of carboxylic acid groups (broad SMARTS) is 1. The fraction of sp³-hybridized carbons (Fsp3) is 0.281. The van der Waals surface area contributed by atoms with Crippen LogP contribution >= 0.6 is 23.4 Å². The van der Waals surface area contributed by atoms with Crippen LogP contribution in [0.4, 0.5) is 5.69 Å². The molecule has 7 nitrogen and oxygen atoms in total. The number of carbonyl (C=O) groups is 2. The molecule has 3 aromatic carbocycles. The summed E-state index contributed by atoms with van der Waals surface area (Å²) in [6.07, 6.45) is 6.96. The van der Waals surface area contributed by atoms with Crippen molar-refractivity contribution in [2.75, 3.05) is 6.61 Å². The van der Waals surface area contributed by atoms with Crippen LogP contribution in [0.5, 0.6) is 11.5 Å². The Labute approximate surface area is 248 Å². The summed E-state index contributed by atoms with van der Waals surface area (Å²) >= 11 is 7.60. The third-order valence-corrected chi connectivity index (χ3v) is 8.35. The second-order valence-corrected chi connectivity index (χ2v) is 11.3. The zero-order valence-corrected chi connectivity index (χ0v) is 24.3. The molecule has 2 fully saturated rings. The number of hydrogen-bond acceptors (Lipinski definition) is 6. The van der Waals surface area contributed by atoms with E-state index < -0.39 is 5.97 Å². The highest BCUT2D eigenvalue weighted by molar-refractivity contribution is 8.18. The molecule has 5 rings (SSSR count). The number of rotatable bonds is 9. The van der Waals surface area contributed by atoms with Crippen LogP contribution in [0.1, 0.15) is 60.5 Å². The molecule has 3 aromatic rings. The number of amidine groups is 1. The summed E-state index contributed by atoms with van der Waals surface area (Å²) in [5.41, 5.74) is 2.33. The fourth-order valence-electron chi connectivity index (χ4n) is 4.97. The minimum absolute atomic E-state index is 0.0654. The number of halogens is 1. The predicted molar refractivity (Wildman–Crippen MR) is 163 cm³/mol. The normalized spacial score (nSPS) is 17.8. The Morgan fingerprint density at radius 3 is 2.61 bits per heavy atom. The van der Waals surface area contributed by atoms with E-state index in [1.807, 2.05) is 55.5 Å². The molecule has 1 saturated carbocycles. The van der Waals surface area contributed by atoms with Crippen LogP contribution in [-0.4, -0.2) is 39.7 Å². The number of aromatic carboxylic acids is 1. The van der Waals surface area contributed by atoms with Crippen molar-refractivity contribution in [1.82, 2.24) is 4.90 Å². The first-order chi connectivity index (χ1) is 19.9. The number of carbonyl (C=O) groups excluding carboxylic acids is 1. The number of amides is 1.